The fourth-order valence-corrected chi connectivity index (χ4v) is 6.40. The zero-order valence-corrected chi connectivity index (χ0v) is 27.5. The molecule has 3 aromatic rings. The van der Waals surface area contributed by atoms with Crippen LogP contribution in [0.5, 0.6) is 0 Å². The summed E-state index contributed by atoms with van der Waals surface area (Å²) >= 11 is 0. The molecular formula is C34H44F2N6O3. The molecule has 0 bridgehead atoms. The van der Waals surface area contributed by atoms with Crippen LogP contribution in [0.15, 0.2) is 36.5 Å². The number of fused-ring (bicyclic) bond motifs is 1. The molecule has 2 aromatic heterocycles. The molecule has 1 fully saturated rings. The number of carbonyl (C=O) groups excluding carboxylic acids is 2. The van der Waals surface area contributed by atoms with Gasteiger partial charge in [-0.05, 0) is 58.4 Å². The van der Waals surface area contributed by atoms with Crippen LogP contribution in [0.4, 0.5) is 19.3 Å². The van der Waals surface area contributed by atoms with Crippen LogP contribution in [0.3, 0.4) is 0 Å². The fraction of sp³-hybridized carbons (Fsp3) is 0.529. The van der Waals surface area contributed by atoms with Gasteiger partial charge in [-0.1, -0.05) is 19.9 Å². The Morgan fingerprint density at radius 3 is 2.49 bits per heavy atom. The molecule has 5 rings (SSSR count). The van der Waals surface area contributed by atoms with Crippen molar-refractivity contribution < 1.29 is 23.1 Å². The van der Waals surface area contributed by atoms with Crippen molar-refractivity contribution in [3.8, 4) is 0 Å². The second kappa shape index (κ2) is 12.2. The topological polar surface area (TPSA) is 83.8 Å². The standard InChI is InChI=1S/C34H44F2N6O3/c1-21-11-26(39(8)38-21)15-27-18-41(32(44)45-33(3,4)5)22(2)17-40(27)19-31(43)42-20-34(6,7)28-16-37-25(14-30(28)42)12-23-9-10-24(35)13-29(23)36/h9-11,13-14,16,22,27H,12,15,17-20H2,1-8H3/t22-,27+/m1/s1. The number of carbonyl (C=O) groups is 2. The Morgan fingerprint density at radius 2 is 1.84 bits per heavy atom. The molecule has 9 nitrogen and oxygen atoms in total. The van der Waals surface area contributed by atoms with Crippen LogP contribution >= 0.6 is 0 Å². The number of nitrogens with zero attached hydrogens (tertiary/aromatic N) is 6. The van der Waals surface area contributed by atoms with Crippen molar-refractivity contribution in [1.29, 1.82) is 0 Å². The highest BCUT2D eigenvalue weighted by Gasteiger charge is 2.42. The number of amides is 2. The lowest BCUT2D eigenvalue weighted by Crippen LogP contribution is -2.61. The summed E-state index contributed by atoms with van der Waals surface area (Å²) in [6, 6.07) is 7.11. The number of halogens is 2. The minimum Gasteiger partial charge on any atom is -0.444 e. The Bertz CT molecular complexity index is 1600. The summed E-state index contributed by atoms with van der Waals surface area (Å²) in [6.07, 6.45) is 2.20. The first-order valence-corrected chi connectivity index (χ1v) is 15.5. The molecule has 2 aliphatic heterocycles. The summed E-state index contributed by atoms with van der Waals surface area (Å²) in [5, 5.41) is 4.50. The van der Waals surface area contributed by atoms with E-state index in [1.165, 1.54) is 12.1 Å². The molecule has 0 saturated carbocycles. The molecule has 4 heterocycles. The van der Waals surface area contributed by atoms with Crippen molar-refractivity contribution in [3.05, 3.63) is 76.4 Å². The van der Waals surface area contributed by atoms with Crippen LogP contribution in [-0.4, -0.2) is 80.4 Å². The SMILES string of the molecule is Cc1cc(C[C@H]2CN(C(=O)OC(C)(C)C)[C@H](C)CN2CC(=O)N2CC(C)(C)c3cnc(Cc4ccc(F)cc4F)cc32)n(C)n1. The number of hydrogen-bond donors (Lipinski definition) is 0. The number of ether oxygens (including phenoxy) is 1. The quantitative estimate of drug-likeness (QED) is 0.377. The van der Waals surface area contributed by atoms with Gasteiger partial charge in [-0.2, -0.15) is 5.10 Å². The number of anilines is 1. The second-order valence-corrected chi connectivity index (χ2v) is 14.1. The van der Waals surface area contributed by atoms with E-state index >= 15 is 0 Å². The maximum atomic E-state index is 14.4. The Kier molecular flexibility index (Phi) is 8.78. The van der Waals surface area contributed by atoms with E-state index in [4.69, 9.17) is 4.74 Å². The maximum Gasteiger partial charge on any atom is 0.410 e. The van der Waals surface area contributed by atoms with Crippen LogP contribution < -0.4 is 4.90 Å². The minimum absolute atomic E-state index is 0.0592. The normalized spacial score (nSPS) is 20.0. The van der Waals surface area contributed by atoms with E-state index < -0.39 is 17.2 Å². The smallest absolute Gasteiger partial charge is 0.410 e. The molecule has 1 saturated heterocycles. The summed E-state index contributed by atoms with van der Waals surface area (Å²) in [4.78, 5) is 37.6. The van der Waals surface area contributed by atoms with Gasteiger partial charge in [0, 0.05) is 86.2 Å². The molecule has 2 amide bonds. The highest BCUT2D eigenvalue weighted by molar-refractivity contribution is 5.97. The van der Waals surface area contributed by atoms with Gasteiger partial charge in [0.05, 0.1) is 17.9 Å². The van der Waals surface area contributed by atoms with Crippen LogP contribution in [0.25, 0.3) is 0 Å². The molecule has 11 heteroatoms. The lowest BCUT2D eigenvalue weighted by Gasteiger charge is -2.45. The zero-order chi connectivity index (χ0) is 32.8. The predicted molar refractivity (Wildman–Crippen MR) is 168 cm³/mol. The first-order valence-electron chi connectivity index (χ1n) is 15.5. The van der Waals surface area contributed by atoms with Crippen molar-refractivity contribution in [2.75, 3.05) is 31.1 Å². The van der Waals surface area contributed by atoms with E-state index in [-0.39, 0.29) is 42.5 Å². The van der Waals surface area contributed by atoms with Crippen molar-refractivity contribution in [1.82, 2.24) is 24.6 Å². The van der Waals surface area contributed by atoms with Crippen molar-refractivity contribution in [2.45, 2.75) is 84.4 Å². The van der Waals surface area contributed by atoms with Crippen molar-refractivity contribution in [2.24, 2.45) is 7.05 Å². The third-order valence-electron chi connectivity index (χ3n) is 8.66. The Balaban J connectivity index is 1.39. The van der Waals surface area contributed by atoms with Crippen LogP contribution in [0.2, 0.25) is 0 Å². The highest BCUT2D eigenvalue weighted by Crippen LogP contribution is 2.41. The van der Waals surface area contributed by atoms with Gasteiger partial charge in [0.1, 0.15) is 17.2 Å². The average molecular weight is 623 g/mol. The molecule has 45 heavy (non-hydrogen) atoms. The third kappa shape index (κ3) is 7.19. The summed E-state index contributed by atoms with van der Waals surface area (Å²) in [5.74, 6) is -1.31. The van der Waals surface area contributed by atoms with E-state index in [1.807, 2.05) is 58.5 Å². The number of aromatic nitrogens is 3. The summed E-state index contributed by atoms with van der Waals surface area (Å²) in [6.45, 7) is 15.2. The van der Waals surface area contributed by atoms with Crippen molar-refractivity contribution >= 4 is 17.7 Å². The molecule has 0 aliphatic carbocycles. The molecule has 242 valence electrons. The number of hydrogen-bond acceptors (Lipinski definition) is 6. The number of rotatable bonds is 6. The monoisotopic (exact) mass is 622 g/mol. The van der Waals surface area contributed by atoms with Crippen LogP contribution in [-0.2, 0) is 34.8 Å². The van der Waals surface area contributed by atoms with Gasteiger partial charge in [0.25, 0.3) is 0 Å². The van der Waals surface area contributed by atoms with Gasteiger partial charge >= 0.3 is 6.09 Å². The first kappa shape index (κ1) is 32.5. The number of aryl methyl sites for hydroxylation is 2. The van der Waals surface area contributed by atoms with E-state index in [1.54, 1.807) is 16.0 Å². The van der Waals surface area contributed by atoms with Gasteiger partial charge in [-0.3, -0.25) is 19.4 Å². The van der Waals surface area contributed by atoms with Crippen molar-refractivity contribution in [3.63, 3.8) is 0 Å². The summed E-state index contributed by atoms with van der Waals surface area (Å²) in [5.41, 5.74) is 3.62. The van der Waals surface area contributed by atoms with E-state index in [2.05, 4.69) is 28.8 Å². The van der Waals surface area contributed by atoms with E-state index in [9.17, 15) is 18.4 Å². The minimum atomic E-state index is -0.630. The molecule has 0 spiro atoms. The lowest BCUT2D eigenvalue weighted by molar-refractivity contribution is -0.121. The molecular weight excluding hydrogens is 578 g/mol. The van der Waals surface area contributed by atoms with Gasteiger partial charge in [0.15, 0.2) is 0 Å². The molecule has 0 unspecified atom stereocenters. The first-order chi connectivity index (χ1) is 21.0. The molecule has 0 N–H and O–H groups in total. The number of benzene rings is 1. The molecule has 1 aromatic carbocycles. The van der Waals surface area contributed by atoms with Gasteiger partial charge in [0.2, 0.25) is 5.91 Å². The Labute approximate surface area is 264 Å². The number of piperazine rings is 1. The Hall–Kier alpha value is -3.86. The molecule has 2 aliphatic rings. The molecule has 0 radical (unpaired) electrons. The van der Waals surface area contributed by atoms with Gasteiger partial charge in [-0.25, -0.2) is 13.6 Å². The fourth-order valence-electron chi connectivity index (χ4n) is 6.40. The lowest BCUT2D eigenvalue weighted by atomic mass is 9.88. The van der Waals surface area contributed by atoms with E-state index in [0.29, 0.717) is 37.3 Å². The largest absolute Gasteiger partial charge is 0.444 e. The number of pyridine rings is 1. The summed E-state index contributed by atoms with van der Waals surface area (Å²) < 4.78 is 35.5. The van der Waals surface area contributed by atoms with Gasteiger partial charge < -0.3 is 14.5 Å². The second-order valence-electron chi connectivity index (χ2n) is 14.1. The van der Waals surface area contributed by atoms with Crippen LogP contribution in [0, 0.1) is 18.6 Å². The summed E-state index contributed by atoms with van der Waals surface area (Å²) in [7, 11) is 1.90. The average Bonchev–Trinajstić information content (AvgIpc) is 3.39. The van der Waals surface area contributed by atoms with E-state index in [0.717, 1.165) is 28.7 Å². The third-order valence-corrected chi connectivity index (χ3v) is 8.66. The zero-order valence-electron chi connectivity index (χ0n) is 27.5. The maximum absolute atomic E-state index is 14.4. The predicted octanol–water partition coefficient (Wildman–Crippen LogP) is 5.17. The van der Waals surface area contributed by atoms with Gasteiger partial charge in [-0.15, -0.1) is 0 Å². The highest BCUT2D eigenvalue weighted by atomic mass is 19.1. The molecule has 2 atom stereocenters. The van der Waals surface area contributed by atoms with Crippen LogP contribution in [0.1, 0.15) is 69.8 Å². The Morgan fingerprint density at radius 1 is 1.11 bits per heavy atom.